The van der Waals surface area contributed by atoms with E-state index in [1.165, 1.54) is 22.4 Å². The van der Waals surface area contributed by atoms with E-state index in [0.717, 1.165) is 21.7 Å². The van der Waals surface area contributed by atoms with Gasteiger partial charge in [-0.25, -0.2) is 9.78 Å². The van der Waals surface area contributed by atoms with Gasteiger partial charge in [-0.1, -0.05) is 18.2 Å². The van der Waals surface area contributed by atoms with Crippen LogP contribution in [-0.2, 0) is 5.75 Å². The van der Waals surface area contributed by atoms with E-state index in [2.05, 4.69) is 21.7 Å². The van der Waals surface area contributed by atoms with E-state index in [4.69, 9.17) is 4.52 Å². The van der Waals surface area contributed by atoms with Crippen molar-refractivity contribution in [2.45, 2.75) is 31.4 Å². The third-order valence-corrected chi connectivity index (χ3v) is 5.62. The summed E-state index contributed by atoms with van der Waals surface area (Å²) in [6.45, 7) is 5.75. The van der Waals surface area contributed by atoms with E-state index < -0.39 is 0 Å². The number of rotatable bonds is 5. The fourth-order valence-electron chi connectivity index (χ4n) is 3.33. The minimum atomic E-state index is -0.315. The molecule has 2 aromatic heterocycles. The summed E-state index contributed by atoms with van der Waals surface area (Å²) in [5.41, 5.74) is 4.47. The van der Waals surface area contributed by atoms with Crippen LogP contribution in [0.3, 0.4) is 0 Å². The van der Waals surface area contributed by atoms with Gasteiger partial charge in [-0.2, -0.15) is 0 Å². The van der Waals surface area contributed by atoms with Crippen LogP contribution in [-0.4, -0.2) is 15.6 Å². The van der Waals surface area contributed by atoms with Gasteiger partial charge in [-0.3, -0.25) is 4.79 Å². The Morgan fingerprint density at radius 3 is 2.55 bits per heavy atom. The second kappa shape index (κ2) is 8.69. The molecule has 0 aliphatic carbocycles. The van der Waals surface area contributed by atoms with Crippen LogP contribution in [0.2, 0.25) is 0 Å². The Bertz CT molecular complexity index is 1310. The van der Waals surface area contributed by atoms with Crippen LogP contribution < -0.4 is 16.2 Å². The number of nitrogens with zero attached hydrogens (tertiary/aromatic N) is 2. The summed E-state index contributed by atoms with van der Waals surface area (Å²) in [5.74, 6) is 1.10. The van der Waals surface area contributed by atoms with E-state index in [1.807, 2.05) is 50.2 Å². The van der Waals surface area contributed by atoms with Crippen molar-refractivity contribution in [3.63, 3.8) is 0 Å². The van der Waals surface area contributed by atoms with Gasteiger partial charge in [0.2, 0.25) is 0 Å². The Morgan fingerprint density at radius 1 is 1.03 bits per heavy atom. The largest absolute Gasteiger partial charge is 0.375 e. The number of fused-ring (bicyclic) bond motifs is 1. The summed E-state index contributed by atoms with van der Waals surface area (Å²) in [7, 11) is 0. The Kier molecular flexibility index (Phi) is 5.81. The highest BCUT2D eigenvalue weighted by molar-refractivity contribution is 7.98. The Balaban J connectivity index is 1.47. The molecular weight excluding hydrogens is 412 g/mol. The summed E-state index contributed by atoms with van der Waals surface area (Å²) >= 11 is 1.49. The molecule has 0 bridgehead atoms. The van der Waals surface area contributed by atoms with Gasteiger partial charge in [0.05, 0.1) is 11.4 Å². The number of amides is 2. The summed E-state index contributed by atoms with van der Waals surface area (Å²) in [5, 5.41) is 5.78. The molecule has 2 heterocycles. The molecule has 0 atom stereocenters. The molecule has 0 saturated heterocycles. The summed E-state index contributed by atoms with van der Waals surface area (Å²) in [6, 6.07) is 16.3. The van der Waals surface area contributed by atoms with Gasteiger partial charge in [0.25, 0.3) is 5.56 Å². The van der Waals surface area contributed by atoms with Crippen molar-refractivity contribution in [3.05, 3.63) is 87.5 Å². The van der Waals surface area contributed by atoms with Gasteiger partial charge >= 0.3 is 6.03 Å². The lowest BCUT2D eigenvalue weighted by Gasteiger charge is -2.12. The van der Waals surface area contributed by atoms with Crippen LogP contribution in [0.1, 0.15) is 22.6 Å². The van der Waals surface area contributed by atoms with Gasteiger partial charge in [-0.15, -0.1) is 16.3 Å². The minimum Gasteiger partial charge on any atom is -0.375 e. The number of hydrogen-bond donors (Lipinski definition) is 2. The Labute approximate surface area is 183 Å². The van der Waals surface area contributed by atoms with E-state index >= 15 is 0 Å². The second-order valence-electron chi connectivity index (χ2n) is 7.32. The number of carbonyl (C=O) groups is 1. The molecule has 0 fully saturated rings. The summed E-state index contributed by atoms with van der Waals surface area (Å²) in [4.78, 5) is 30.1. The Morgan fingerprint density at radius 2 is 1.77 bits per heavy atom. The van der Waals surface area contributed by atoms with Crippen LogP contribution in [0.4, 0.5) is 16.2 Å². The van der Waals surface area contributed by atoms with Crippen LogP contribution in [0.25, 0.3) is 5.65 Å². The molecule has 0 aliphatic rings. The van der Waals surface area contributed by atoms with Crippen molar-refractivity contribution >= 4 is 34.8 Å². The van der Waals surface area contributed by atoms with E-state index in [1.54, 1.807) is 13.0 Å². The van der Waals surface area contributed by atoms with Crippen molar-refractivity contribution in [3.8, 4) is 0 Å². The highest BCUT2D eigenvalue weighted by atomic mass is 32.2. The molecule has 2 N–H and O–H groups in total. The number of aryl methyl sites for hydroxylation is 3. The average Bonchev–Trinajstić information content (AvgIpc) is 3.07. The summed E-state index contributed by atoms with van der Waals surface area (Å²) in [6.07, 6.45) is 0. The first-order chi connectivity index (χ1) is 14.9. The minimum absolute atomic E-state index is 0.257. The quantitative estimate of drug-likeness (QED) is 0.424. The zero-order valence-corrected chi connectivity index (χ0v) is 18.2. The predicted molar refractivity (Wildman–Crippen MR) is 123 cm³/mol. The van der Waals surface area contributed by atoms with Gasteiger partial charge < -0.3 is 15.2 Å². The molecule has 2 amide bonds. The molecule has 8 heteroatoms. The van der Waals surface area contributed by atoms with Gasteiger partial charge in [0, 0.05) is 28.5 Å². The number of urea groups is 1. The average molecular weight is 435 g/mol. The summed E-state index contributed by atoms with van der Waals surface area (Å²) < 4.78 is 6.50. The van der Waals surface area contributed by atoms with Gasteiger partial charge in [0.1, 0.15) is 5.76 Å². The van der Waals surface area contributed by atoms with Gasteiger partial charge in [0.15, 0.2) is 5.65 Å². The lowest BCUT2D eigenvalue weighted by molar-refractivity contribution is 0.262. The zero-order chi connectivity index (χ0) is 22.0. The lowest BCUT2D eigenvalue weighted by Crippen LogP contribution is -2.20. The van der Waals surface area contributed by atoms with Crippen molar-refractivity contribution in [2.75, 3.05) is 10.6 Å². The molecule has 0 radical (unpaired) electrons. The van der Waals surface area contributed by atoms with Crippen LogP contribution in [0.15, 0.2) is 68.8 Å². The first-order valence-corrected chi connectivity index (χ1v) is 10.7. The SMILES string of the molecule is Cc1cc(C)cc(NC(=O)Nc2ccccc2SCc2cc(=O)n3oc(C)cc3n2)c1. The molecular formula is C23H22N4O3S. The number of aromatic nitrogens is 2. The normalized spacial score (nSPS) is 10.9. The third kappa shape index (κ3) is 4.97. The molecule has 2 aromatic carbocycles. The van der Waals surface area contributed by atoms with E-state index in [-0.39, 0.29) is 11.6 Å². The topological polar surface area (TPSA) is 88.6 Å². The number of benzene rings is 2. The molecule has 158 valence electrons. The monoisotopic (exact) mass is 434 g/mol. The zero-order valence-electron chi connectivity index (χ0n) is 17.4. The standard InChI is InChI=1S/C23H22N4O3S/c1-14-8-15(2)10-17(9-14)25-23(29)26-19-6-4-5-7-20(19)31-13-18-12-22(28)27-21(24-18)11-16(3)30-27/h4-12H,13H2,1-3H3,(H2,25,26,29). The third-order valence-electron chi connectivity index (χ3n) is 4.51. The number of para-hydroxylation sites is 1. The van der Waals surface area contributed by atoms with Gasteiger partial charge in [-0.05, 0) is 56.2 Å². The fourth-order valence-corrected chi connectivity index (χ4v) is 4.23. The molecule has 0 saturated carbocycles. The van der Waals surface area contributed by atoms with E-state index in [9.17, 15) is 9.59 Å². The maximum Gasteiger partial charge on any atom is 0.323 e. The molecule has 0 unspecified atom stereocenters. The number of nitrogens with one attached hydrogen (secondary N) is 2. The van der Waals surface area contributed by atoms with Crippen LogP contribution in [0, 0.1) is 20.8 Å². The number of hydrogen-bond acceptors (Lipinski definition) is 5. The predicted octanol–water partition coefficient (Wildman–Crippen LogP) is 5.15. The van der Waals surface area contributed by atoms with Crippen LogP contribution in [0.5, 0.6) is 0 Å². The van der Waals surface area contributed by atoms with Crippen molar-refractivity contribution in [1.82, 2.24) is 9.56 Å². The first kappa shape index (κ1) is 20.7. The highest BCUT2D eigenvalue weighted by Gasteiger charge is 2.11. The first-order valence-electron chi connectivity index (χ1n) is 9.75. The lowest BCUT2D eigenvalue weighted by atomic mass is 10.1. The highest BCUT2D eigenvalue weighted by Crippen LogP contribution is 2.29. The van der Waals surface area contributed by atoms with Crippen molar-refractivity contribution < 1.29 is 9.32 Å². The maximum atomic E-state index is 12.5. The maximum absolute atomic E-state index is 12.5. The number of anilines is 2. The van der Waals surface area contributed by atoms with Crippen molar-refractivity contribution in [1.29, 1.82) is 0 Å². The number of carbonyl (C=O) groups excluding carboxylic acids is 1. The molecule has 0 aliphatic heterocycles. The molecule has 4 rings (SSSR count). The molecule has 31 heavy (non-hydrogen) atoms. The second-order valence-corrected chi connectivity index (χ2v) is 8.34. The Hall–Kier alpha value is -3.52. The van der Waals surface area contributed by atoms with E-state index in [0.29, 0.717) is 28.5 Å². The number of thioether (sulfide) groups is 1. The van der Waals surface area contributed by atoms with Crippen molar-refractivity contribution in [2.24, 2.45) is 0 Å². The van der Waals surface area contributed by atoms with Crippen LogP contribution >= 0.6 is 11.8 Å². The smallest absolute Gasteiger partial charge is 0.323 e. The molecule has 0 spiro atoms. The fraction of sp³-hybridized carbons (Fsp3) is 0.174. The molecule has 4 aromatic rings. The molecule has 7 nitrogen and oxygen atoms in total.